The fraction of sp³-hybridized carbons (Fsp3) is 0.917. The van der Waals surface area contributed by atoms with E-state index in [9.17, 15) is 4.79 Å². The van der Waals surface area contributed by atoms with Gasteiger partial charge in [0.05, 0.1) is 6.10 Å². The lowest BCUT2D eigenvalue weighted by Crippen LogP contribution is -2.38. The lowest BCUT2D eigenvalue weighted by atomic mass is 9.66. The van der Waals surface area contributed by atoms with E-state index in [4.69, 9.17) is 4.74 Å². The van der Waals surface area contributed by atoms with Crippen LogP contribution in [0.1, 0.15) is 39.5 Å². The van der Waals surface area contributed by atoms with Crippen LogP contribution in [0.15, 0.2) is 0 Å². The van der Waals surface area contributed by atoms with Crippen LogP contribution >= 0.6 is 0 Å². The molecule has 14 heavy (non-hydrogen) atoms. The molecule has 2 aliphatic carbocycles. The van der Waals surface area contributed by atoms with Crippen LogP contribution in [0.5, 0.6) is 0 Å². The Balaban J connectivity index is 2.18. The molecule has 0 heterocycles. The Bertz CT molecular complexity index is 249. The molecule has 0 radical (unpaired) electrons. The molecule has 80 valence electrons. The highest BCUT2D eigenvalue weighted by Gasteiger charge is 2.52. The maximum atomic E-state index is 11.9. The normalized spacial score (nSPS) is 47.9. The summed E-state index contributed by atoms with van der Waals surface area (Å²) in [4.78, 5) is 11.9. The minimum atomic E-state index is -0.0194. The third kappa shape index (κ3) is 1.31. The number of hydrogen-bond donors (Lipinski definition) is 0. The van der Waals surface area contributed by atoms with Crippen molar-refractivity contribution in [1.29, 1.82) is 0 Å². The van der Waals surface area contributed by atoms with Crippen LogP contribution in [0.3, 0.4) is 0 Å². The number of fused-ring (bicyclic) bond motifs is 1. The number of carbonyl (C=O) groups excluding carboxylic acids is 1. The summed E-state index contributed by atoms with van der Waals surface area (Å²) in [7, 11) is 1.79. The molecule has 0 saturated heterocycles. The molecule has 0 aromatic heterocycles. The number of ketones is 1. The van der Waals surface area contributed by atoms with E-state index in [0.29, 0.717) is 23.7 Å². The zero-order valence-corrected chi connectivity index (χ0v) is 9.38. The van der Waals surface area contributed by atoms with Crippen molar-refractivity contribution in [3.8, 4) is 0 Å². The molecule has 0 N–H and O–H groups in total. The summed E-state index contributed by atoms with van der Waals surface area (Å²) in [6.45, 7) is 4.38. The fourth-order valence-corrected chi connectivity index (χ4v) is 3.40. The quantitative estimate of drug-likeness (QED) is 0.643. The highest BCUT2D eigenvalue weighted by atomic mass is 16.5. The second-order valence-electron chi connectivity index (χ2n) is 5.26. The van der Waals surface area contributed by atoms with Crippen molar-refractivity contribution in [2.75, 3.05) is 7.11 Å². The molecule has 4 unspecified atom stereocenters. The number of Topliss-reactive ketones (excluding diaryl/α,β-unsaturated/α-hetero) is 1. The van der Waals surface area contributed by atoms with Gasteiger partial charge >= 0.3 is 0 Å². The Hall–Kier alpha value is -0.370. The van der Waals surface area contributed by atoms with Gasteiger partial charge in [0.1, 0.15) is 5.78 Å². The van der Waals surface area contributed by atoms with E-state index in [1.165, 1.54) is 0 Å². The number of methoxy groups -OCH3 is 1. The first-order valence-corrected chi connectivity index (χ1v) is 5.64. The number of carbonyl (C=O) groups is 1. The standard InChI is InChI=1S/C12H20O2/c1-8-6-11(13)12(2)5-4-9(14-3)7-10(8)12/h8-10H,4-7H2,1-3H3. The Morgan fingerprint density at radius 3 is 2.86 bits per heavy atom. The number of hydrogen-bond acceptors (Lipinski definition) is 2. The van der Waals surface area contributed by atoms with Crippen molar-refractivity contribution >= 4 is 5.78 Å². The van der Waals surface area contributed by atoms with Crippen LogP contribution in [0.2, 0.25) is 0 Å². The molecule has 4 atom stereocenters. The Kier molecular flexibility index (Phi) is 2.42. The molecule has 0 amide bonds. The third-order valence-electron chi connectivity index (χ3n) is 4.49. The van der Waals surface area contributed by atoms with Crippen molar-refractivity contribution in [3.05, 3.63) is 0 Å². The summed E-state index contributed by atoms with van der Waals surface area (Å²) in [5.41, 5.74) is -0.0194. The molecule has 0 bridgehead atoms. The zero-order chi connectivity index (χ0) is 10.3. The minimum absolute atomic E-state index is 0.0194. The highest BCUT2D eigenvalue weighted by Crippen LogP contribution is 2.52. The highest BCUT2D eigenvalue weighted by molar-refractivity contribution is 5.87. The van der Waals surface area contributed by atoms with E-state index < -0.39 is 0 Å². The first kappa shape index (κ1) is 10.2. The topological polar surface area (TPSA) is 26.3 Å². The van der Waals surface area contributed by atoms with Gasteiger partial charge in [-0.05, 0) is 31.1 Å². The largest absolute Gasteiger partial charge is 0.381 e. The van der Waals surface area contributed by atoms with Gasteiger partial charge in [0.15, 0.2) is 0 Å². The molecule has 2 fully saturated rings. The SMILES string of the molecule is COC1CCC2(C)C(=O)CC(C)C2C1. The van der Waals surface area contributed by atoms with Gasteiger partial charge in [-0.3, -0.25) is 4.79 Å². The Morgan fingerprint density at radius 2 is 2.21 bits per heavy atom. The molecule has 2 heteroatoms. The average Bonchev–Trinajstić information content (AvgIpc) is 2.38. The second-order valence-corrected chi connectivity index (χ2v) is 5.26. The van der Waals surface area contributed by atoms with Gasteiger partial charge in [-0.2, -0.15) is 0 Å². The maximum absolute atomic E-state index is 11.9. The molecule has 0 aromatic carbocycles. The molecule has 2 saturated carbocycles. The lowest BCUT2D eigenvalue weighted by Gasteiger charge is -2.39. The molecule has 0 spiro atoms. The van der Waals surface area contributed by atoms with E-state index >= 15 is 0 Å². The molecule has 2 nitrogen and oxygen atoms in total. The minimum Gasteiger partial charge on any atom is -0.381 e. The molecule has 0 aromatic rings. The number of ether oxygens (including phenoxy) is 1. The van der Waals surface area contributed by atoms with Gasteiger partial charge in [-0.25, -0.2) is 0 Å². The summed E-state index contributed by atoms with van der Waals surface area (Å²) >= 11 is 0. The molecular weight excluding hydrogens is 176 g/mol. The zero-order valence-electron chi connectivity index (χ0n) is 9.38. The maximum Gasteiger partial charge on any atom is 0.139 e. The van der Waals surface area contributed by atoms with E-state index in [0.717, 1.165) is 25.7 Å². The summed E-state index contributed by atoms with van der Waals surface area (Å²) in [6.07, 6.45) is 4.35. The van der Waals surface area contributed by atoms with E-state index in [1.807, 2.05) is 0 Å². The monoisotopic (exact) mass is 196 g/mol. The van der Waals surface area contributed by atoms with Gasteiger partial charge in [0.25, 0.3) is 0 Å². The van der Waals surface area contributed by atoms with Crippen molar-refractivity contribution in [3.63, 3.8) is 0 Å². The van der Waals surface area contributed by atoms with Crippen molar-refractivity contribution in [2.24, 2.45) is 17.3 Å². The van der Waals surface area contributed by atoms with Crippen LogP contribution in [0, 0.1) is 17.3 Å². The molecule has 2 aliphatic rings. The first-order valence-electron chi connectivity index (χ1n) is 5.64. The van der Waals surface area contributed by atoms with Gasteiger partial charge in [0.2, 0.25) is 0 Å². The molecule has 2 rings (SSSR count). The third-order valence-corrected chi connectivity index (χ3v) is 4.49. The second kappa shape index (κ2) is 3.34. The van der Waals surface area contributed by atoms with Crippen molar-refractivity contribution in [1.82, 2.24) is 0 Å². The van der Waals surface area contributed by atoms with Crippen LogP contribution in [-0.4, -0.2) is 19.0 Å². The predicted molar refractivity (Wildman–Crippen MR) is 55.0 cm³/mol. The Labute approximate surface area is 86.0 Å². The fourth-order valence-electron chi connectivity index (χ4n) is 3.40. The van der Waals surface area contributed by atoms with Crippen molar-refractivity contribution < 1.29 is 9.53 Å². The van der Waals surface area contributed by atoms with Crippen LogP contribution in [0.25, 0.3) is 0 Å². The molecule has 0 aliphatic heterocycles. The predicted octanol–water partition coefficient (Wildman–Crippen LogP) is 2.42. The molecular formula is C12H20O2. The lowest BCUT2D eigenvalue weighted by molar-refractivity contribution is -0.129. The summed E-state index contributed by atoms with van der Waals surface area (Å²) < 4.78 is 5.42. The average molecular weight is 196 g/mol. The summed E-state index contributed by atoms with van der Waals surface area (Å²) in [5.74, 6) is 1.61. The van der Waals surface area contributed by atoms with E-state index in [-0.39, 0.29) is 5.41 Å². The first-order chi connectivity index (χ1) is 6.58. The van der Waals surface area contributed by atoms with E-state index in [1.54, 1.807) is 7.11 Å². The van der Waals surface area contributed by atoms with Crippen LogP contribution in [-0.2, 0) is 9.53 Å². The Morgan fingerprint density at radius 1 is 1.50 bits per heavy atom. The van der Waals surface area contributed by atoms with Gasteiger partial charge < -0.3 is 4.74 Å². The number of rotatable bonds is 1. The summed E-state index contributed by atoms with van der Waals surface area (Å²) in [6, 6.07) is 0. The van der Waals surface area contributed by atoms with E-state index in [2.05, 4.69) is 13.8 Å². The smallest absolute Gasteiger partial charge is 0.139 e. The van der Waals surface area contributed by atoms with Gasteiger partial charge in [-0.1, -0.05) is 13.8 Å². The van der Waals surface area contributed by atoms with Gasteiger partial charge in [-0.15, -0.1) is 0 Å². The van der Waals surface area contributed by atoms with Crippen molar-refractivity contribution in [2.45, 2.75) is 45.6 Å². The van der Waals surface area contributed by atoms with Crippen LogP contribution in [0.4, 0.5) is 0 Å². The summed E-state index contributed by atoms with van der Waals surface area (Å²) in [5, 5.41) is 0. The van der Waals surface area contributed by atoms with Crippen LogP contribution < -0.4 is 0 Å². The van der Waals surface area contributed by atoms with Gasteiger partial charge in [0, 0.05) is 18.9 Å².